The highest BCUT2D eigenvalue weighted by molar-refractivity contribution is 7.85. The Morgan fingerprint density at radius 3 is 1.62 bits per heavy atom. The molecule has 0 aliphatic rings. The van der Waals surface area contributed by atoms with Gasteiger partial charge >= 0.3 is 0 Å². The van der Waals surface area contributed by atoms with E-state index in [1.165, 1.54) is 96.0 Å². The van der Waals surface area contributed by atoms with E-state index in [4.69, 9.17) is 9.29 Å². The SMILES string of the molecule is CCCCCCCCCCCCCCCCCOc1ccc(S(=O)(=O)O)c(C)c1. The van der Waals surface area contributed by atoms with E-state index in [1.54, 1.807) is 19.1 Å². The van der Waals surface area contributed by atoms with Crippen molar-refractivity contribution in [2.75, 3.05) is 6.61 Å². The lowest BCUT2D eigenvalue weighted by atomic mass is 10.0. The molecule has 1 N–H and O–H groups in total. The van der Waals surface area contributed by atoms with Gasteiger partial charge in [-0.1, -0.05) is 96.8 Å². The topological polar surface area (TPSA) is 63.6 Å². The molecule has 0 aliphatic carbocycles. The van der Waals surface area contributed by atoms with Crippen molar-refractivity contribution in [2.45, 2.75) is 115 Å². The minimum atomic E-state index is -4.16. The zero-order valence-corrected chi connectivity index (χ0v) is 19.4. The highest BCUT2D eigenvalue weighted by Crippen LogP contribution is 2.21. The maximum absolute atomic E-state index is 11.2. The largest absolute Gasteiger partial charge is 0.494 e. The third-order valence-corrected chi connectivity index (χ3v) is 6.45. The van der Waals surface area contributed by atoms with Crippen molar-refractivity contribution in [3.63, 3.8) is 0 Å². The van der Waals surface area contributed by atoms with Gasteiger partial charge in [0.25, 0.3) is 10.1 Å². The van der Waals surface area contributed by atoms with Crippen LogP contribution in [0.2, 0.25) is 0 Å². The van der Waals surface area contributed by atoms with Crippen molar-refractivity contribution < 1.29 is 17.7 Å². The van der Waals surface area contributed by atoms with Crippen LogP contribution < -0.4 is 4.74 Å². The van der Waals surface area contributed by atoms with Crippen LogP contribution in [0.4, 0.5) is 0 Å². The number of aryl methyl sites for hydroxylation is 1. The Labute approximate surface area is 179 Å². The molecule has 4 nitrogen and oxygen atoms in total. The minimum absolute atomic E-state index is 0.0585. The molecule has 1 rings (SSSR count). The molecule has 168 valence electrons. The van der Waals surface area contributed by atoms with Crippen molar-refractivity contribution >= 4 is 10.1 Å². The maximum atomic E-state index is 11.2. The third-order valence-electron chi connectivity index (χ3n) is 5.44. The molecule has 0 bridgehead atoms. The van der Waals surface area contributed by atoms with Crippen molar-refractivity contribution in [1.82, 2.24) is 0 Å². The van der Waals surface area contributed by atoms with Crippen LogP contribution in [-0.4, -0.2) is 19.6 Å². The van der Waals surface area contributed by atoms with Crippen LogP contribution in [0.5, 0.6) is 5.75 Å². The van der Waals surface area contributed by atoms with Crippen LogP contribution in [0.25, 0.3) is 0 Å². The Balaban J connectivity index is 1.92. The molecule has 0 fully saturated rings. The molecule has 1 aromatic carbocycles. The van der Waals surface area contributed by atoms with E-state index in [9.17, 15) is 8.42 Å². The molecule has 0 spiro atoms. The van der Waals surface area contributed by atoms with Gasteiger partial charge in [0.1, 0.15) is 5.75 Å². The average molecular weight is 427 g/mol. The van der Waals surface area contributed by atoms with Crippen LogP contribution in [0.3, 0.4) is 0 Å². The number of rotatable bonds is 18. The minimum Gasteiger partial charge on any atom is -0.494 e. The van der Waals surface area contributed by atoms with E-state index < -0.39 is 10.1 Å². The van der Waals surface area contributed by atoms with Gasteiger partial charge in [-0.25, -0.2) is 0 Å². The first-order valence-electron chi connectivity index (χ1n) is 11.7. The summed E-state index contributed by atoms with van der Waals surface area (Å²) in [6.45, 7) is 4.57. The first kappa shape index (κ1) is 26.0. The summed E-state index contributed by atoms with van der Waals surface area (Å²) >= 11 is 0. The number of ether oxygens (including phenoxy) is 1. The van der Waals surface area contributed by atoms with Gasteiger partial charge in [-0.15, -0.1) is 0 Å². The standard InChI is InChI=1S/C24H42O4S/c1-3-4-5-6-7-8-9-10-11-12-13-14-15-16-17-20-28-23-18-19-24(22(2)21-23)29(25,26)27/h18-19,21H,3-17,20H2,1-2H3,(H,25,26,27). The van der Waals surface area contributed by atoms with Crippen molar-refractivity contribution in [1.29, 1.82) is 0 Å². The quantitative estimate of drug-likeness (QED) is 0.195. The van der Waals surface area contributed by atoms with Gasteiger partial charge in [-0.2, -0.15) is 8.42 Å². The third kappa shape index (κ3) is 13.0. The second kappa shape index (κ2) is 15.7. The summed E-state index contributed by atoms with van der Waals surface area (Å²) < 4.78 is 37.2. The summed E-state index contributed by atoms with van der Waals surface area (Å²) in [6, 6.07) is 4.65. The monoisotopic (exact) mass is 426 g/mol. The molecule has 1 aromatic rings. The molecule has 0 radical (unpaired) electrons. The van der Waals surface area contributed by atoms with Crippen LogP contribution >= 0.6 is 0 Å². The molecule has 0 aromatic heterocycles. The molecule has 0 unspecified atom stereocenters. The summed E-state index contributed by atoms with van der Waals surface area (Å²) in [5.74, 6) is 0.653. The van der Waals surface area contributed by atoms with E-state index in [0.717, 1.165) is 6.42 Å². The van der Waals surface area contributed by atoms with Gasteiger partial charge in [-0.3, -0.25) is 4.55 Å². The van der Waals surface area contributed by atoms with Crippen molar-refractivity contribution in [3.05, 3.63) is 23.8 Å². The Kier molecular flexibility index (Phi) is 14.1. The fourth-order valence-corrected chi connectivity index (χ4v) is 4.37. The number of hydrogen-bond donors (Lipinski definition) is 1. The van der Waals surface area contributed by atoms with Crippen molar-refractivity contribution in [2.24, 2.45) is 0 Å². The fraction of sp³-hybridized carbons (Fsp3) is 0.750. The molecule has 5 heteroatoms. The number of unbranched alkanes of at least 4 members (excludes halogenated alkanes) is 14. The maximum Gasteiger partial charge on any atom is 0.294 e. The zero-order valence-electron chi connectivity index (χ0n) is 18.6. The second-order valence-corrected chi connectivity index (χ2v) is 9.59. The molecule has 0 heterocycles. The molecule has 0 atom stereocenters. The van der Waals surface area contributed by atoms with Crippen LogP contribution in [-0.2, 0) is 10.1 Å². The normalized spacial score (nSPS) is 11.7. The van der Waals surface area contributed by atoms with Crippen molar-refractivity contribution in [3.8, 4) is 5.75 Å². The van der Waals surface area contributed by atoms with Gasteiger partial charge in [0.15, 0.2) is 0 Å². The smallest absolute Gasteiger partial charge is 0.294 e. The molecule has 0 amide bonds. The zero-order chi connectivity index (χ0) is 21.4. The summed E-state index contributed by atoms with van der Waals surface area (Å²) in [5.41, 5.74) is 0.501. The van der Waals surface area contributed by atoms with Crippen LogP contribution in [0.1, 0.15) is 109 Å². The van der Waals surface area contributed by atoms with E-state index in [2.05, 4.69) is 6.92 Å². The lowest BCUT2D eigenvalue weighted by Gasteiger charge is -2.09. The Hall–Kier alpha value is -1.07. The van der Waals surface area contributed by atoms with Gasteiger partial charge in [0.05, 0.1) is 11.5 Å². The first-order chi connectivity index (χ1) is 13.9. The number of benzene rings is 1. The van der Waals surface area contributed by atoms with Gasteiger partial charge in [0, 0.05) is 0 Å². The van der Waals surface area contributed by atoms with Gasteiger partial charge in [0.2, 0.25) is 0 Å². The van der Waals surface area contributed by atoms with Crippen LogP contribution in [0.15, 0.2) is 23.1 Å². The van der Waals surface area contributed by atoms with E-state index in [-0.39, 0.29) is 4.90 Å². The molecular formula is C24H42O4S. The summed E-state index contributed by atoms with van der Waals surface area (Å²) in [4.78, 5) is -0.0585. The average Bonchev–Trinajstić information content (AvgIpc) is 2.66. The predicted molar refractivity (Wildman–Crippen MR) is 121 cm³/mol. The fourth-order valence-electron chi connectivity index (χ4n) is 3.66. The lowest BCUT2D eigenvalue weighted by Crippen LogP contribution is -2.02. The number of hydrogen-bond acceptors (Lipinski definition) is 3. The summed E-state index contributed by atoms with van der Waals surface area (Å²) in [5, 5.41) is 0. The summed E-state index contributed by atoms with van der Waals surface area (Å²) in [7, 11) is -4.16. The van der Waals surface area contributed by atoms with E-state index in [0.29, 0.717) is 17.9 Å². The first-order valence-corrected chi connectivity index (χ1v) is 13.1. The van der Waals surface area contributed by atoms with Gasteiger partial charge < -0.3 is 4.74 Å². The molecule has 0 saturated carbocycles. The molecule has 29 heavy (non-hydrogen) atoms. The Morgan fingerprint density at radius 1 is 0.759 bits per heavy atom. The van der Waals surface area contributed by atoms with Crippen LogP contribution in [0, 0.1) is 6.92 Å². The Bertz CT molecular complexity index is 640. The Morgan fingerprint density at radius 2 is 1.21 bits per heavy atom. The van der Waals surface area contributed by atoms with E-state index >= 15 is 0 Å². The predicted octanol–water partition coefficient (Wildman–Crippen LogP) is 7.49. The highest BCUT2D eigenvalue weighted by Gasteiger charge is 2.13. The molecule has 0 aliphatic heterocycles. The van der Waals surface area contributed by atoms with E-state index in [1.807, 2.05) is 0 Å². The molecule has 0 saturated heterocycles. The summed E-state index contributed by atoms with van der Waals surface area (Å²) in [6.07, 6.45) is 20.1. The molecular weight excluding hydrogens is 384 g/mol. The van der Waals surface area contributed by atoms with Gasteiger partial charge in [-0.05, 0) is 37.1 Å². The highest BCUT2D eigenvalue weighted by atomic mass is 32.2. The second-order valence-electron chi connectivity index (χ2n) is 8.20. The lowest BCUT2D eigenvalue weighted by molar-refractivity contribution is 0.304.